The first kappa shape index (κ1) is 25.3. The monoisotopic (exact) mass is 512 g/mol. The number of rotatable bonds is 7. The maximum atomic E-state index is 13.0. The van der Waals surface area contributed by atoms with Crippen LogP contribution in [-0.4, -0.2) is 51.0 Å². The van der Waals surface area contributed by atoms with Crippen LogP contribution in [0, 0.1) is 5.82 Å². The summed E-state index contributed by atoms with van der Waals surface area (Å²) >= 11 is 0. The molecule has 1 aliphatic rings. The first-order chi connectivity index (χ1) is 17.3. The van der Waals surface area contributed by atoms with Crippen molar-refractivity contribution in [1.82, 2.24) is 9.62 Å². The van der Waals surface area contributed by atoms with Crippen molar-refractivity contribution in [2.45, 2.75) is 11.4 Å². The third kappa shape index (κ3) is 6.45. The minimum absolute atomic E-state index is 0.0977. The second-order valence-corrected chi connectivity index (χ2v) is 9.95. The average Bonchev–Trinajstić information content (AvgIpc) is 2.89. The van der Waals surface area contributed by atoms with Crippen molar-refractivity contribution in [1.29, 1.82) is 0 Å². The largest absolute Gasteiger partial charge is 0.379 e. The highest BCUT2D eigenvalue weighted by Gasteiger charge is 2.26. The maximum Gasteiger partial charge on any atom is 0.319 e. The van der Waals surface area contributed by atoms with Gasteiger partial charge in [0.1, 0.15) is 5.82 Å². The smallest absolute Gasteiger partial charge is 0.319 e. The van der Waals surface area contributed by atoms with Crippen LogP contribution in [0.15, 0.2) is 77.7 Å². The van der Waals surface area contributed by atoms with Crippen LogP contribution in [0.1, 0.15) is 15.9 Å². The summed E-state index contributed by atoms with van der Waals surface area (Å²) in [6.07, 6.45) is 0. The number of benzene rings is 3. The van der Waals surface area contributed by atoms with E-state index in [0.717, 1.165) is 5.56 Å². The van der Waals surface area contributed by atoms with E-state index in [1.165, 1.54) is 40.7 Å². The molecule has 0 aromatic heterocycles. The standard InChI is InChI=1S/C25H25FN4O5S/c26-20-8-6-19(7-9-20)24(31)28-21-10-4-18(5-11-21)17-27-25(32)29-22-2-1-3-23(16-22)36(33,34)30-12-14-35-15-13-30/h1-11,16H,12-15,17H2,(H,28,31)(H2,27,29,32). The van der Waals surface area contributed by atoms with Crippen LogP contribution in [-0.2, 0) is 21.3 Å². The average molecular weight is 513 g/mol. The lowest BCUT2D eigenvalue weighted by Gasteiger charge is -2.26. The second-order valence-electron chi connectivity index (χ2n) is 8.01. The highest BCUT2D eigenvalue weighted by atomic mass is 32.2. The van der Waals surface area contributed by atoms with Crippen LogP contribution in [0.3, 0.4) is 0 Å². The minimum Gasteiger partial charge on any atom is -0.379 e. The van der Waals surface area contributed by atoms with Crippen molar-refractivity contribution < 1.29 is 27.1 Å². The highest BCUT2D eigenvalue weighted by molar-refractivity contribution is 7.89. The Kier molecular flexibility index (Phi) is 7.93. The lowest BCUT2D eigenvalue weighted by Crippen LogP contribution is -2.40. The van der Waals surface area contributed by atoms with Gasteiger partial charge in [-0.1, -0.05) is 18.2 Å². The molecule has 4 rings (SSSR count). The van der Waals surface area contributed by atoms with Crippen molar-refractivity contribution in [3.63, 3.8) is 0 Å². The van der Waals surface area contributed by atoms with Gasteiger partial charge in [0.2, 0.25) is 10.0 Å². The van der Waals surface area contributed by atoms with Gasteiger partial charge in [0, 0.05) is 36.6 Å². The fourth-order valence-corrected chi connectivity index (χ4v) is 4.99. The van der Waals surface area contributed by atoms with Crippen molar-refractivity contribution >= 4 is 33.3 Å². The molecule has 0 unspecified atom stereocenters. The van der Waals surface area contributed by atoms with Gasteiger partial charge in [0.05, 0.1) is 18.1 Å². The molecular formula is C25H25FN4O5S. The molecule has 1 heterocycles. The summed E-state index contributed by atoms with van der Waals surface area (Å²) < 4.78 is 45.2. The molecule has 0 spiro atoms. The fraction of sp³-hybridized carbons (Fsp3) is 0.200. The number of morpholine rings is 1. The van der Waals surface area contributed by atoms with Gasteiger partial charge in [-0.25, -0.2) is 17.6 Å². The molecule has 1 aliphatic heterocycles. The van der Waals surface area contributed by atoms with Crippen LogP contribution >= 0.6 is 0 Å². The molecule has 1 saturated heterocycles. The number of anilines is 2. The first-order valence-corrected chi connectivity index (χ1v) is 12.6. The molecule has 3 amide bonds. The topological polar surface area (TPSA) is 117 Å². The van der Waals surface area contributed by atoms with Crippen LogP contribution in [0.25, 0.3) is 0 Å². The molecule has 9 nitrogen and oxygen atoms in total. The predicted molar refractivity (Wildman–Crippen MR) is 133 cm³/mol. The number of nitrogens with one attached hydrogen (secondary N) is 3. The zero-order valence-electron chi connectivity index (χ0n) is 19.2. The summed E-state index contributed by atoms with van der Waals surface area (Å²) in [6, 6.07) is 17.7. The number of ether oxygens (including phenoxy) is 1. The second kappa shape index (κ2) is 11.3. The summed E-state index contributed by atoms with van der Waals surface area (Å²) in [5.74, 6) is -0.781. The van der Waals surface area contributed by atoms with Crippen LogP contribution < -0.4 is 16.0 Å². The van der Waals surface area contributed by atoms with Gasteiger partial charge in [-0.05, 0) is 60.2 Å². The summed E-state index contributed by atoms with van der Waals surface area (Å²) in [4.78, 5) is 24.7. The van der Waals surface area contributed by atoms with E-state index >= 15 is 0 Å². The molecule has 0 atom stereocenters. The molecule has 0 aliphatic carbocycles. The Hall–Kier alpha value is -3.80. The zero-order chi connectivity index (χ0) is 25.5. The van der Waals surface area contributed by atoms with Gasteiger partial charge in [0.25, 0.3) is 5.91 Å². The van der Waals surface area contributed by atoms with E-state index < -0.39 is 21.9 Å². The normalized spacial score (nSPS) is 14.1. The number of hydrogen-bond acceptors (Lipinski definition) is 5. The predicted octanol–water partition coefficient (Wildman–Crippen LogP) is 3.42. The molecule has 3 N–H and O–H groups in total. The quantitative estimate of drug-likeness (QED) is 0.449. The minimum atomic E-state index is -3.67. The lowest BCUT2D eigenvalue weighted by molar-refractivity contribution is 0.0730. The molecule has 1 fully saturated rings. The number of sulfonamides is 1. The zero-order valence-corrected chi connectivity index (χ0v) is 20.1. The summed E-state index contributed by atoms with van der Waals surface area (Å²) in [5.41, 5.74) is 2.02. The van der Waals surface area contributed by atoms with E-state index in [4.69, 9.17) is 4.74 Å². The summed E-state index contributed by atoms with van der Waals surface area (Å²) in [5, 5.41) is 8.08. The Balaban J connectivity index is 1.29. The molecule has 3 aromatic rings. The van der Waals surface area contributed by atoms with Gasteiger partial charge in [-0.3, -0.25) is 4.79 Å². The molecule has 0 radical (unpaired) electrons. The van der Waals surface area contributed by atoms with E-state index in [1.807, 2.05) is 0 Å². The highest BCUT2D eigenvalue weighted by Crippen LogP contribution is 2.20. The third-order valence-electron chi connectivity index (χ3n) is 5.47. The van der Waals surface area contributed by atoms with Crippen molar-refractivity contribution in [2.24, 2.45) is 0 Å². The number of carbonyl (C=O) groups excluding carboxylic acids is 2. The maximum absolute atomic E-state index is 13.0. The Morgan fingerprint density at radius 3 is 2.28 bits per heavy atom. The van der Waals surface area contributed by atoms with Gasteiger partial charge in [-0.15, -0.1) is 0 Å². The Morgan fingerprint density at radius 2 is 1.58 bits per heavy atom. The number of carbonyl (C=O) groups is 2. The van der Waals surface area contributed by atoms with Gasteiger partial charge in [0.15, 0.2) is 0 Å². The number of halogens is 1. The summed E-state index contributed by atoms with van der Waals surface area (Å²) in [6.45, 7) is 1.48. The molecule has 36 heavy (non-hydrogen) atoms. The number of urea groups is 1. The Morgan fingerprint density at radius 1 is 0.889 bits per heavy atom. The number of amides is 3. The molecule has 0 saturated carbocycles. The van der Waals surface area contributed by atoms with Crippen LogP contribution in [0.4, 0.5) is 20.6 Å². The van der Waals surface area contributed by atoms with Crippen molar-refractivity contribution in [2.75, 3.05) is 36.9 Å². The van der Waals surface area contributed by atoms with E-state index in [9.17, 15) is 22.4 Å². The van der Waals surface area contributed by atoms with Gasteiger partial charge < -0.3 is 20.7 Å². The van der Waals surface area contributed by atoms with Crippen molar-refractivity contribution in [3.8, 4) is 0 Å². The molecule has 188 valence electrons. The van der Waals surface area contributed by atoms with Crippen LogP contribution in [0.5, 0.6) is 0 Å². The van der Waals surface area contributed by atoms with Crippen molar-refractivity contribution in [3.05, 3.63) is 89.7 Å². The fourth-order valence-electron chi connectivity index (χ4n) is 3.54. The Bertz CT molecular complexity index is 1330. The Labute approximate surface area is 208 Å². The van der Waals surface area contributed by atoms with Crippen LogP contribution in [0.2, 0.25) is 0 Å². The van der Waals surface area contributed by atoms with Gasteiger partial charge >= 0.3 is 6.03 Å². The molecular weight excluding hydrogens is 487 g/mol. The third-order valence-corrected chi connectivity index (χ3v) is 7.37. The number of hydrogen-bond donors (Lipinski definition) is 3. The van der Waals surface area contributed by atoms with E-state index in [1.54, 1.807) is 36.4 Å². The SMILES string of the molecule is O=C(NCc1ccc(NC(=O)c2ccc(F)cc2)cc1)Nc1cccc(S(=O)(=O)N2CCOCC2)c1. The van der Waals surface area contributed by atoms with E-state index in [2.05, 4.69) is 16.0 Å². The molecule has 0 bridgehead atoms. The number of nitrogens with zero attached hydrogens (tertiary/aromatic N) is 1. The molecule has 11 heteroatoms. The molecule has 3 aromatic carbocycles. The van der Waals surface area contributed by atoms with Gasteiger partial charge in [-0.2, -0.15) is 4.31 Å². The summed E-state index contributed by atoms with van der Waals surface area (Å²) in [7, 11) is -3.67. The lowest BCUT2D eigenvalue weighted by atomic mass is 10.2. The first-order valence-electron chi connectivity index (χ1n) is 11.2. The van der Waals surface area contributed by atoms with E-state index in [-0.39, 0.29) is 30.4 Å². The van der Waals surface area contributed by atoms with E-state index in [0.29, 0.717) is 30.2 Å².